The number of hydrogen-bond acceptors (Lipinski definition) is 18. The van der Waals surface area contributed by atoms with Crippen molar-refractivity contribution in [2.45, 2.75) is 78.3 Å². The summed E-state index contributed by atoms with van der Waals surface area (Å²) in [6.45, 7) is 6.68. The van der Waals surface area contributed by atoms with Crippen molar-refractivity contribution in [2.75, 3.05) is 0 Å². The van der Waals surface area contributed by atoms with Gasteiger partial charge in [0.25, 0.3) is 0 Å². The summed E-state index contributed by atoms with van der Waals surface area (Å²) in [4.78, 5) is 75.1. The van der Waals surface area contributed by atoms with Gasteiger partial charge in [0.15, 0.2) is 41.3 Å². The number of aromatic hydroxyl groups is 4. The lowest BCUT2D eigenvalue weighted by Crippen LogP contribution is -2.40. The highest BCUT2D eigenvalue weighted by Crippen LogP contribution is 2.58. The summed E-state index contributed by atoms with van der Waals surface area (Å²) in [5.74, 6) is -9.60. The zero-order valence-electron chi connectivity index (χ0n) is 32.8. The minimum Gasteiger partial charge on any atom is -0.508 e. The maximum absolute atomic E-state index is 13.0. The Morgan fingerprint density at radius 2 is 1.12 bits per heavy atom. The molecule has 0 radical (unpaired) electrons. The molecule has 6 rings (SSSR count). The number of rotatable bonds is 9. The van der Waals surface area contributed by atoms with Gasteiger partial charge in [0.2, 0.25) is 0 Å². The van der Waals surface area contributed by atoms with Crippen LogP contribution in [0.2, 0.25) is 0 Å². The van der Waals surface area contributed by atoms with Gasteiger partial charge < -0.3 is 58.3 Å². The Morgan fingerprint density at radius 1 is 0.533 bits per heavy atom. The van der Waals surface area contributed by atoms with E-state index in [9.17, 15) is 49.2 Å². The summed E-state index contributed by atoms with van der Waals surface area (Å²) in [7, 11) is 0. The van der Waals surface area contributed by atoms with Crippen LogP contribution in [0.3, 0.4) is 0 Å². The van der Waals surface area contributed by atoms with E-state index in [1.807, 2.05) is 0 Å². The summed E-state index contributed by atoms with van der Waals surface area (Å²) < 4.78 is 46.7. The van der Waals surface area contributed by atoms with E-state index in [4.69, 9.17) is 37.9 Å². The quantitative estimate of drug-likeness (QED) is 0.0981. The van der Waals surface area contributed by atoms with Gasteiger partial charge in [0, 0.05) is 94.0 Å². The molecule has 0 saturated carbocycles. The van der Waals surface area contributed by atoms with Crippen molar-refractivity contribution >= 4 is 35.8 Å². The van der Waals surface area contributed by atoms with E-state index < -0.39 is 89.1 Å². The van der Waals surface area contributed by atoms with E-state index in [0.29, 0.717) is 0 Å². The smallest absolute Gasteiger partial charge is 0.308 e. The molecule has 0 aliphatic carbocycles. The van der Waals surface area contributed by atoms with Gasteiger partial charge in [-0.2, -0.15) is 0 Å². The Labute approximate surface area is 340 Å². The summed E-state index contributed by atoms with van der Waals surface area (Å²) in [6, 6.07) is 11.1. The molecule has 4 aromatic rings. The van der Waals surface area contributed by atoms with Crippen LogP contribution in [0.25, 0.3) is 0 Å². The fourth-order valence-corrected chi connectivity index (χ4v) is 7.22. The second-order valence-electron chi connectivity index (χ2n) is 13.8. The number of carbonyl (C=O) groups is 6. The largest absolute Gasteiger partial charge is 0.508 e. The van der Waals surface area contributed by atoms with Crippen LogP contribution in [0.1, 0.15) is 87.5 Å². The Balaban J connectivity index is 1.70. The van der Waals surface area contributed by atoms with Crippen LogP contribution in [0, 0.1) is 0 Å². The number of hydrogen-bond donors (Lipinski definition) is 4. The third kappa shape index (κ3) is 8.81. The fourth-order valence-electron chi connectivity index (χ4n) is 7.22. The van der Waals surface area contributed by atoms with Gasteiger partial charge in [-0.3, -0.25) is 28.8 Å². The van der Waals surface area contributed by atoms with E-state index in [1.54, 1.807) is 0 Å². The van der Waals surface area contributed by atoms with Crippen molar-refractivity contribution in [3.8, 4) is 57.5 Å². The average Bonchev–Trinajstić information content (AvgIpc) is 3.12. The molecule has 4 aromatic carbocycles. The zero-order chi connectivity index (χ0) is 43.7. The lowest BCUT2D eigenvalue weighted by molar-refractivity contribution is -0.154. The summed E-state index contributed by atoms with van der Waals surface area (Å²) in [6.07, 6.45) is -5.75. The first kappa shape index (κ1) is 42.1. The standard InChI is InChI=1S/C42H38O18/c1-17(43)53-30-10-8-24(12-32(30)55-19(3)45)39-35(57-21(5)47)15-26-31(54-18(2)44)16-34(56-20(4)46)37(41(26)60-39)38-36-29(52)13-25(49)14-33(36)59-40(42(38)58-22(6)48)23-7-9-27(50)28(51)11-23/h7-14,16,35,38-40,42,49-52H,15H2,1-6H3/t35-,38+,39-,40-,42+/m1/s1. The number of carbonyl (C=O) groups excluding carboxylic acids is 6. The maximum atomic E-state index is 13.0. The molecule has 18 nitrogen and oxygen atoms in total. The third-order valence-corrected chi connectivity index (χ3v) is 9.20. The molecule has 2 aliphatic rings. The Bertz CT molecular complexity index is 2440. The van der Waals surface area contributed by atoms with Gasteiger partial charge in [0.05, 0.1) is 5.92 Å². The molecule has 60 heavy (non-hydrogen) atoms. The van der Waals surface area contributed by atoms with Crippen molar-refractivity contribution in [1.29, 1.82) is 0 Å². The van der Waals surface area contributed by atoms with Crippen LogP contribution >= 0.6 is 0 Å². The first-order chi connectivity index (χ1) is 28.3. The molecule has 0 aromatic heterocycles. The second kappa shape index (κ2) is 16.8. The molecule has 0 spiro atoms. The van der Waals surface area contributed by atoms with Crippen molar-refractivity contribution in [3.63, 3.8) is 0 Å². The highest BCUT2D eigenvalue weighted by molar-refractivity contribution is 5.77. The zero-order valence-corrected chi connectivity index (χ0v) is 32.8. The molecular formula is C42H38O18. The summed E-state index contributed by atoms with van der Waals surface area (Å²) in [5.41, 5.74) is 0.172. The van der Waals surface area contributed by atoms with Crippen molar-refractivity contribution in [2.24, 2.45) is 0 Å². The predicted octanol–water partition coefficient (Wildman–Crippen LogP) is 5.02. The number of fused-ring (bicyclic) bond motifs is 2. The number of esters is 6. The van der Waals surface area contributed by atoms with Crippen molar-refractivity contribution in [1.82, 2.24) is 0 Å². The predicted molar refractivity (Wildman–Crippen MR) is 201 cm³/mol. The first-order valence-corrected chi connectivity index (χ1v) is 18.1. The molecule has 5 atom stereocenters. The number of benzene rings is 4. The normalized spacial score (nSPS) is 18.9. The van der Waals surface area contributed by atoms with E-state index in [-0.39, 0.29) is 68.7 Å². The van der Waals surface area contributed by atoms with Gasteiger partial charge >= 0.3 is 35.8 Å². The summed E-state index contributed by atoms with van der Waals surface area (Å²) in [5, 5.41) is 42.9. The topological polar surface area (TPSA) is 257 Å². The van der Waals surface area contributed by atoms with Gasteiger partial charge in [-0.1, -0.05) is 12.1 Å². The van der Waals surface area contributed by atoms with Crippen LogP contribution in [0.15, 0.2) is 54.6 Å². The molecule has 2 aliphatic heterocycles. The fraction of sp³-hybridized carbons (Fsp3) is 0.286. The molecule has 18 heteroatoms. The average molecular weight is 831 g/mol. The van der Waals surface area contributed by atoms with E-state index in [1.165, 1.54) is 30.3 Å². The lowest BCUT2D eigenvalue weighted by atomic mass is 9.77. The van der Waals surface area contributed by atoms with Gasteiger partial charge in [-0.25, -0.2) is 0 Å². The molecule has 0 amide bonds. The SMILES string of the molecule is CC(=O)Oc1ccc([C@H]2Oc3c(c(OC(C)=O)cc(OC(C)=O)c3[C@@H]3c4c(O)cc(O)cc4O[C@H](c4ccc(O)c(O)c4)[C@H]3OC(C)=O)C[C@H]2OC(C)=O)cc1OC(C)=O. The Morgan fingerprint density at radius 3 is 1.73 bits per heavy atom. The lowest BCUT2D eigenvalue weighted by Gasteiger charge is -2.42. The minimum absolute atomic E-state index is 0.0713. The molecule has 0 fully saturated rings. The summed E-state index contributed by atoms with van der Waals surface area (Å²) >= 11 is 0. The van der Waals surface area contributed by atoms with Gasteiger partial charge in [-0.05, 0) is 24.3 Å². The number of ether oxygens (including phenoxy) is 8. The molecule has 0 saturated heterocycles. The van der Waals surface area contributed by atoms with Gasteiger partial charge in [0.1, 0.15) is 40.6 Å². The molecule has 4 N–H and O–H groups in total. The minimum atomic E-state index is -1.54. The van der Waals surface area contributed by atoms with Crippen LogP contribution < -0.4 is 28.4 Å². The highest BCUT2D eigenvalue weighted by atomic mass is 16.6. The Kier molecular flexibility index (Phi) is 11.8. The monoisotopic (exact) mass is 830 g/mol. The highest BCUT2D eigenvalue weighted by Gasteiger charge is 2.49. The molecular weight excluding hydrogens is 792 g/mol. The molecule has 2 heterocycles. The number of phenols is 4. The first-order valence-electron chi connectivity index (χ1n) is 18.1. The second-order valence-corrected chi connectivity index (χ2v) is 13.8. The third-order valence-electron chi connectivity index (χ3n) is 9.20. The number of phenolic OH excluding ortho intramolecular Hbond substituents is 4. The molecule has 0 bridgehead atoms. The Hall–Kier alpha value is -7.50. The van der Waals surface area contributed by atoms with Crippen LogP contribution in [-0.4, -0.2) is 68.4 Å². The van der Waals surface area contributed by atoms with Crippen LogP contribution in [0.4, 0.5) is 0 Å². The van der Waals surface area contributed by atoms with Crippen molar-refractivity contribution in [3.05, 3.63) is 82.4 Å². The van der Waals surface area contributed by atoms with E-state index in [0.717, 1.165) is 65.8 Å². The molecule has 314 valence electrons. The van der Waals surface area contributed by atoms with E-state index >= 15 is 0 Å². The van der Waals surface area contributed by atoms with Gasteiger partial charge in [-0.15, -0.1) is 0 Å². The van der Waals surface area contributed by atoms with Crippen molar-refractivity contribution < 1.29 is 87.1 Å². The van der Waals surface area contributed by atoms with E-state index in [2.05, 4.69) is 0 Å². The maximum Gasteiger partial charge on any atom is 0.308 e. The van der Waals surface area contributed by atoms with Crippen LogP contribution in [-0.2, 0) is 44.7 Å². The van der Waals surface area contributed by atoms with Crippen LogP contribution in [0.5, 0.6) is 57.5 Å². The molecule has 0 unspecified atom stereocenters.